The van der Waals surface area contributed by atoms with Crippen LogP contribution in [0.3, 0.4) is 0 Å². The van der Waals surface area contributed by atoms with Gasteiger partial charge in [-0.1, -0.05) is 54.6 Å². The minimum atomic E-state index is 1.18. The molecule has 3 aromatic rings. The quantitative estimate of drug-likeness (QED) is 0.537. The highest BCUT2D eigenvalue weighted by atomic mass is 14.1. The lowest BCUT2D eigenvalue weighted by molar-refractivity contribution is 1.36. The van der Waals surface area contributed by atoms with E-state index in [0.29, 0.717) is 0 Å². The summed E-state index contributed by atoms with van der Waals surface area (Å²) in [5.41, 5.74) is 10.2. The lowest BCUT2D eigenvalue weighted by Crippen LogP contribution is -1.91. The SMILES string of the molecule is Cc1cccc(C)c1-c1[c]c(-c2c(C)cccc2C)ccc1. The van der Waals surface area contributed by atoms with Gasteiger partial charge in [-0.25, -0.2) is 0 Å². The molecule has 0 nitrogen and oxygen atoms in total. The van der Waals surface area contributed by atoms with Crippen molar-refractivity contribution in [3.8, 4) is 22.3 Å². The Morgan fingerprint density at radius 3 is 1.18 bits per heavy atom. The number of hydrogen-bond acceptors (Lipinski definition) is 0. The van der Waals surface area contributed by atoms with Crippen LogP contribution in [0.4, 0.5) is 0 Å². The van der Waals surface area contributed by atoms with Crippen LogP contribution in [0.2, 0.25) is 0 Å². The standard InChI is InChI=1S/C22H21/c1-15-8-5-9-16(2)21(15)19-12-7-13-20(14-19)22-17(3)10-6-11-18(22)4/h5-13H,1-4H3. The van der Waals surface area contributed by atoms with E-state index in [-0.39, 0.29) is 0 Å². The molecule has 0 heteroatoms. The highest BCUT2D eigenvalue weighted by molar-refractivity contribution is 5.78. The van der Waals surface area contributed by atoms with Crippen molar-refractivity contribution in [3.05, 3.63) is 82.9 Å². The molecule has 0 amide bonds. The van der Waals surface area contributed by atoms with Crippen LogP contribution in [0.1, 0.15) is 22.3 Å². The van der Waals surface area contributed by atoms with Crippen molar-refractivity contribution < 1.29 is 0 Å². The fourth-order valence-corrected chi connectivity index (χ4v) is 3.24. The Hall–Kier alpha value is -2.34. The van der Waals surface area contributed by atoms with E-state index >= 15 is 0 Å². The summed E-state index contributed by atoms with van der Waals surface area (Å²) in [6.07, 6.45) is 0. The van der Waals surface area contributed by atoms with Gasteiger partial charge in [0.25, 0.3) is 0 Å². The van der Waals surface area contributed by atoms with Crippen molar-refractivity contribution >= 4 is 0 Å². The lowest BCUT2D eigenvalue weighted by atomic mass is 9.91. The Morgan fingerprint density at radius 1 is 0.500 bits per heavy atom. The average Bonchev–Trinajstić information content (AvgIpc) is 2.47. The van der Waals surface area contributed by atoms with Gasteiger partial charge in [0.1, 0.15) is 0 Å². The van der Waals surface area contributed by atoms with Gasteiger partial charge in [0.05, 0.1) is 0 Å². The second-order valence-electron chi connectivity index (χ2n) is 6.01. The van der Waals surface area contributed by atoms with E-state index in [4.69, 9.17) is 0 Å². The summed E-state index contributed by atoms with van der Waals surface area (Å²) in [5, 5.41) is 0. The third kappa shape index (κ3) is 2.57. The molecule has 3 aromatic carbocycles. The second-order valence-corrected chi connectivity index (χ2v) is 6.01. The maximum absolute atomic E-state index is 3.64. The molecule has 0 unspecified atom stereocenters. The Labute approximate surface area is 133 Å². The first-order chi connectivity index (χ1) is 10.6. The van der Waals surface area contributed by atoms with Gasteiger partial charge in [-0.3, -0.25) is 0 Å². The number of hydrogen-bond donors (Lipinski definition) is 0. The van der Waals surface area contributed by atoms with Gasteiger partial charge in [0.2, 0.25) is 0 Å². The molecule has 0 bridgehead atoms. The van der Waals surface area contributed by atoms with Gasteiger partial charge < -0.3 is 0 Å². The third-order valence-electron chi connectivity index (χ3n) is 4.30. The van der Waals surface area contributed by atoms with Crippen molar-refractivity contribution in [1.82, 2.24) is 0 Å². The smallest absolute Gasteiger partial charge is 0.00139 e. The zero-order chi connectivity index (χ0) is 15.7. The molecule has 0 atom stereocenters. The van der Waals surface area contributed by atoms with Crippen LogP contribution in [0.25, 0.3) is 22.3 Å². The molecular formula is C22H21. The molecule has 0 spiro atoms. The molecule has 0 saturated carbocycles. The normalized spacial score (nSPS) is 10.7. The summed E-state index contributed by atoms with van der Waals surface area (Å²) >= 11 is 0. The van der Waals surface area contributed by atoms with E-state index < -0.39 is 0 Å². The zero-order valence-corrected chi connectivity index (χ0v) is 13.7. The van der Waals surface area contributed by atoms with Gasteiger partial charge in [-0.15, -0.1) is 0 Å². The number of benzene rings is 3. The monoisotopic (exact) mass is 285 g/mol. The van der Waals surface area contributed by atoms with Gasteiger partial charge >= 0.3 is 0 Å². The lowest BCUT2D eigenvalue weighted by Gasteiger charge is -2.13. The Morgan fingerprint density at radius 2 is 0.818 bits per heavy atom. The van der Waals surface area contributed by atoms with Gasteiger partial charge in [0, 0.05) is 0 Å². The highest BCUT2D eigenvalue weighted by Gasteiger charge is 2.10. The van der Waals surface area contributed by atoms with E-state index in [1.165, 1.54) is 44.5 Å². The first-order valence-corrected chi connectivity index (χ1v) is 7.73. The molecule has 0 aliphatic rings. The maximum Gasteiger partial charge on any atom is -0.00139 e. The van der Waals surface area contributed by atoms with Crippen molar-refractivity contribution in [2.75, 3.05) is 0 Å². The van der Waals surface area contributed by atoms with Crippen LogP contribution in [0, 0.1) is 33.8 Å². The summed E-state index contributed by atoms with van der Waals surface area (Å²) in [4.78, 5) is 0. The molecule has 0 aliphatic carbocycles. The first-order valence-electron chi connectivity index (χ1n) is 7.73. The summed E-state index contributed by atoms with van der Waals surface area (Å²) in [5.74, 6) is 0. The first kappa shape index (κ1) is 14.6. The van der Waals surface area contributed by atoms with E-state index in [9.17, 15) is 0 Å². The van der Waals surface area contributed by atoms with Crippen molar-refractivity contribution in [1.29, 1.82) is 0 Å². The zero-order valence-electron chi connectivity index (χ0n) is 13.7. The summed E-state index contributed by atoms with van der Waals surface area (Å²) < 4.78 is 0. The molecule has 0 aromatic heterocycles. The predicted molar refractivity (Wildman–Crippen MR) is 95.1 cm³/mol. The topological polar surface area (TPSA) is 0 Å². The fraction of sp³-hybridized carbons (Fsp3) is 0.182. The van der Waals surface area contributed by atoms with Crippen molar-refractivity contribution in [2.45, 2.75) is 27.7 Å². The molecule has 0 heterocycles. The maximum atomic E-state index is 3.64. The molecule has 0 N–H and O–H groups in total. The summed E-state index contributed by atoms with van der Waals surface area (Å²) in [7, 11) is 0. The van der Waals surface area contributed by atoms with E-state index in [2.05, 4.69) is 88.4 Å². The van der Waals surface area contributed by atoms with Gasteiger partial charge in [-0.05, 0) is 78.3 Å². The Balaban J connectivity index is 2.19. The van der Waals surface area contributed by atoms with Gasteiger partial charge in [-0.2, -0.15) is 0 Å². The van der Waals surface area contributed by atoms with Crippen LogP contribution in [0.5, 0.6) is 0 Å². The fourth-order valence-electron chi connectivity index (χ4n) is 3.24. The molecular weight excluding hydrogens is 264 g/mol. The van der Waals surface area contributed by atoms with Crippen molar-refractivity contribution in [3.63, 3.8) is 0 Å². The van der Waals surface area contributed by atoms with Crippen LogP contribution in [-0.4, -0.2) is 0 Å². The highest BCUT2D eigenvalue weighted by Crippen LogP contribution is 2.32. The van der Waals surface area contributed by atoms with E-state index in [1.54, 1.807) is 0 Å². The largest absolute Gasteiger partial charge is 0.0617 e. The van der Waals surface area contributed by atoms with Crippen molar-refractivity contribution in [2.24, 2.45) is 0 Å². The average molecular weight is 285 g/mol. The molecule has 0 aliphatic heterocycles. The summed E-state index contributed by atoms with van der Waals surface area (Å²) in [6, 6.07) is 23.0. The minimum Gasteiger partial charge on any atom is -0.0617 e. The molecule has 109 valence electrons. The van der Waals surface area contributed by atoms with E-state index in [1.807, 2.05) is 0 Å². The molecule has 3 rings (SSSR count). The van der Waals surface area contributed by atoms with Crippen LogP contribution in [-0.2, 0) is 0 Å². The Bertz CT molecular complexity index is 718. The van der Waals surface area contributed by atoms with E-state index in [0.717, 1.165) is 0 Å². The number of aryl methyl sites for hydroxylation is 4. The number of rotatable bonds is 2. The molecule has 1 radical (unpaired) electrons. The molecule has 0 saturated heterocycles. The summed E-state index contributed by atoms with van der Waals surface area (Å²) in [6.45, 7) is 8.67. The third-order valence-corrected chi connectivity index (χ3v) is 4.30. The molecule has 0 fully saturated rings. The van der Waals surface area contributed by atoms with Crippen LogP contribution in [0.15, 0.2) is 54.6 Å². The molecule has 22 heavy (non-hydrogen) atoms. The predicted octanol–water partition coefficient (Wildman–Crippen LogP) is 6.05. The minimum absolute atomic E-state index is 1.18. The van der Waals surface area contributed by atoms with Crippen LogP contribution >= 0.6 is 0 Å². The van der Waals surface area contributed by atoms with Gasteiger partial charge in [0.15, 0.2) is 0 Å². The Kier molecular flexibility index (Phi) is 3.85. The van der Waals surface area contributed by atoms with Crippen LogP contribution < -0.4 is 0 Å². The second kappa shape index (κ2) is 5.81.